The Labute approximate surface area is 129 Å². The summed E-state index contributed by atoms with van der Waals surface area (Å²) < 4.78 is 16.6. The van der Waals surface area contributed by atoms with E-state index in [0.29, 0.717) is 11.8 Å². The van der Waals surface area contributed by atoms with E-state index in [-0.39, 0.29) is 24.1 Å². The SMILES string of the molecule is CC(OC(=O)C(C)Cl)OC1C2CC3CC(C2)C(=O)OC1C3. The summed E-state index contributed by atoms with van der Waals surface area (Å²) in [7, 11) is 0. The van der Waals surface area contributed by atoms with Crippen molar-refractivity contribution in [2.75, 3.05) is 0 Å². The maximum absolute atomic E-state index is 12.0. The predicted octanol–water partition coefficient (Wildman–Crippen LogP) is 2.25. The number of alkyl halides is 1. The molecule has 2 saturated heterocycles. The molecule has 21 heavy (non-hydrogen) atoms. The second kappa shape index (κ2) is 5.76. The summed E-state index contributed by atoms with van der Waals surface area (Å²) in [5.41, 5.74) is 0. The van der Waals surface area contributed by atoms with Gasteiger partial charge in [-0.1, -0.05) is 0 Å². The van der Waals surface area contributed by atoms with E-state index in [9.17, 15) is 9.59 Å². The molecule has 7 atom stereocenters. The Morgan fingerprint density at radius 3 is 2.76 bits per heavy atom. The molecule has 2 aliphatic heterocycles. The predicted molar refractivity (Wildman–Crippen MR) is 74.6 cm³/mol. The van der Waals surface area contributed by atoms with E-state index < -0.39 is 17.6 Å². The van der Waals surface area contributed by atoms with Crippen molar-refractivity contribution in [3.8, 4) is 0 Å². The van der Waals surface area contributed by atoms with Crippen LogP contribution in [0.1, 0.15) is 39.5 Å². The highest BCUT2D eigenvalue weighted by Crippen LogP contribution is 2.48. The first-order valence-electron chi connectivity index (χ1n) is 7.64. The zero-order valence-corrected chi connectivity index (χ0v) is 13.0. The first kappa shape index (κ1) is 15.1. The molecule has 2 aliphatic carbocycles. The monoisotopic (exact) mass is 316 g/mol. The van der Waals surface area contributed by atoms with Crippen LogP contribution in [0, 0.1) is 17.8 Å². The van der Waals surface area contributed by atoms with Gasteiger partial charge in [0.25, 0.3) is 0 Å². The average Bonchev–Trinajstić information content (AvgIpc) is 2.57. The van der Waals surface area contributed by atoms with Gasteiger partial charge < -0.3 is 14.2 Å². The average molecular weight is 317 g/mol. The molecule has 7 unspecified atom stereocenters. The van der Waals surface area contributed by atoms with Gasteiger partial charge in [0, 0.05) is 0 Å². The van der Waals surface area contributed by atoms with Crippen LogP contribution in [0.5, 0.6) is 0 Å². The zero-order valence-electron chi connectivity index (χ0n) is 12.3. The summed E-state index contributed by atoms with van der Waals surface area (Å²) in [5, 5.41) is -0.699. The smallest absolute Gasteiger partial charge is 0.326 e. The summed E-state index contributed by atoms with van der Waals surface area (Å²) in [6.45, 7) is 3.24. The van der Waals surface area contributed by atoms with Crippen LogP contribution >= 0.6 is 11.6 Å². The highest BCUT2D eigenvalue weighted by Gasteiger charge is 2.51. The van der Waals surface area contributed by atoms with E-state index in [2.05, 4.69) is 0 Å². The van der Waals surface area contributed by atoms with Crippen molar-refractivity contribution in [2.45, 2.75) is 63.4 Å². The molecule has 4 aliphatic rings. The minimum Gasteiger partial charge on any atom is -0.459 e. The topological polar surface area (TPSA) is 61.8 Å². The lowest BCUT2D eigenvalue weighted by atomic mass is 9.67. The molecule has 2 saturated carbocycles. The molecule has 4 rings (SSSR count). The number of esters is 2. The number of ether oxygens (including phenoxy) is 3. The molecule has 0 aromatic heterocycles. The van der Waals surface area contributed by atoms with Crippen LogP contribution in [0.3, 0.4) is 0 Å². The van der Waals surface area contributed by atoms with Crippen molar-refractivity contribution in [1.82, 2.24) is 0 Å². The molecule has 0 N–H and O–H groups in total. The standard InChI is InChI=1S/C15H21ClO5/c1-7(16)14(17)20-8(2)19-13-10-3-9-4-11(6-10)15(18)21-12(13)5-9/h7-13H,3-6H2,1-2H3. The van der Waals surface area contributed by atoms with Crippen molar-refractivity contribution in [1.29, 1.82) is 0 Å². The van der Waals surface area contributed by atoms with Crippen molar-refractivity contribution >= 4 is 23.5 Å². The number of fused-ring (bicyclic) bond motifs is 1. The highest BCUT2D eigenvalue weighted by atomic mass is 35.5. The summed E-state index contributed by atoms with van der Waals surface area (Å²) in [4.78, 5) is 23.5. The number of carbonyl (C=O) groups is 2. The van der Waals surface area contributed by atoms with Gasteiger partial charge in [0.15, 0.2) is 0 Å². The van der Waals surface area contributed by atoms with E-state index in [1.165, 1.54) is 0 Å². The highest BCUT2D eigenvalue weighted by molar-refractivity contribution is 6.29. The Balaban J connectivity index is 1.66. The number of hydrogen-bond donors (Lipinski definition) is 0. The fourth-order valence-corrected chi connectivity index (χ4v) is 4.02. The lowest BCUT2D eigenvalue weighted by Crippen LogP contribution is -2.46. The molecule has 4 fully saturated rings. The summed E-state index contributed by atoms with van der Waals surface area (Å²) in [5.74, 6) is 0.312. The quantitative estimate of drug-likeness (QED) is 0.452. The van der Waals surface area contributed by atoms with E-state index in [4.69, 9.17) is 25.8 Å². The second-order valence-electron chi connectivity index (χ2n) is 6.46. The van der Waals surface area contributed by atoms with Crippen molar-refractivity contribution in [2.24, 2.45) is 17.8 Å². The van der Waals surface area contributed by atoms with Gasteiger partial charge in [-0.2, -0.15) is 0 Å². The van der Waals surface area contributed by atoms with Crippen LogP contribution < -0.4 is 0 Å². The van der Waals surface area contributed by atoms with Gasteiger partial charge in [0.1, 0.15) is 17.6 Å². The molecule has 2 heterocycles. The molecule has 0 spiro atoms. The maximum Gasteiger partial charge on any atom is 0.326 e. The van der Waals surface area contributed by atoms with Gasteiger partial charge in [-0.05, 0) is 51.4 Å². The Morgan fingerprint density at radius 2 is 2.05 bits per heavy atom. The van der Waals surface area contributed by atoms with Crippen LogP contribution in [-0.4, -0.2) is 35.8 Å². The molecular formula is C15H21ClO5. The van der Waals surface area contributed by atoms with E-state index >= 15 is 0 Å². The summed E-state index contributed by atoms with van der Waals surface area (Å²) in [6.07, 6.45) is 2.64. The lowest BCUT2D eigenvalue weighted by molar-refractivity contribution is -0.213. The van der Waals surface area contributed by atoms with Crippen LogP contribution in [0.25, 0.3) is 0 Å². The van der Waals surface area contributed by atoms with Crippen molar-refractivity contribution in [3.05, 3.63) is 0 Å². The van der Waals surface area contributed by atoms with Crippen LogP contribution in [0.4, 0.5) is 0 Å². The molecule has 6 heteroatoms. The molecule has 5 nitrogen and oxygen atoms in total. The molecular weight excluding hydrogens is 296 g/mol. The number of halogens is 1. The molecule has 0 aromatic rings. The van der Waals surface area contributed by atoms with Crippen molar-refractivity contribution < 1.29 is 23.8 Å². The lowest BCUT2D eigenvalue weighted by Gasteiger charge is -2.42. The maximum atomic E-state index is 12.0. The van der Waals surface area contributed by atoms with Gasteiger partial charge in [-0.15, -0.1) is 11.6 Å². The first-order chi connectivity index (χ1) is 9.94. The minimum absolute atomic E-state index is 0.0214. The van der Waals surface area contributed by atoms with Crippen molar-refractivity contribution in [3.63, 3.8) is 0 Å². The third-order valence-electron chi connectivity index (χ3n) is 4.79. The van der Waals surface area contributed by atoms with Gasteiger partial charge >= 0.3 is 11.9 Å². The summed E-state index contributed by atoms with van der Waals surface area (Å²) in [6, 6.07) is 0. The Kier molecular flexibility index (Phi) is 4.14. The molecule has 0 aromatic carbocycles. The molecule has 0 radical (unpaired) electrons. The zero-order chi connectivity index (χ0) is 15.1. The minimum atomic E-state index is -0.699. The molecule has 0 amide bonds. The Morgan fingerprint density at radius 1 is 1.29 bits per heavy atom. The Hall–Kier alpha value is -0.810. The van der Waals surface area contributed by atoms with Gasteiger partial charge in [0.2, 0.25) is 6.29 Å². The summed E-state index contributed by atoms with van der Waals surface area (Å²) >= 11 is 5.68. The largest absolute Gasteiger partial charge is 0.459 e. The number of carbonyl (C=O) groups excluding carboxylic acids is 2. The van der Waals surface area contributed by atoms with E-state index in [1.54, 1.807) is 13.8 Å². The van der Waals surface area contributed by atoms with E-state index in [1.807, 2.05) is 0 Å². The second-order valence-corrected chi connectivity index (χ2v) is 7.12. The molecule has 118 valence electrons. The fraction of sp³-hybridized carbons (Fsp3) is 0.867. The third-order valence-corrected chi connectivity index (χ3v) is 4.97. The normalized spacial score (nSPS) is 40.3. The van der Waals surface area contributed by atoms with Gasteiger partial charge in [-0.25, -0.2) is 0 Å². The van der Waals surface area contributed by atoms with Gasteiger partial charge in [0.05, 0.1) is 5.92 Å². The van der Waals surface area contributed by atoms with Gasteiger partial charge in [-0.3, -0.25) is 9.59 Å². The van der Waals surface area contributed by atoms with Crippen LogP contribution in [-0.2, 0) is 23.8 Å². The van der Waals surface area contributed by atoms with Crippen LogP contribution in [0.15, 0.2) is 0 Å². The number of hydrogen-bond acceptors (Lipinski definition) is 5. The Bertz CT molecular complexity index is 438. The van der Waals surface area contributed by atoms with Crippen LogP contribution in [0.2, 0.25) is 0 Å². The van der Waals surface area contributed by atoms with E-state index in [0.717, 1.165) is 25.7 Å². The molecule has 4 bridgehead atoms. The third kappa shape index (κ3) is 3.04. The fourth-order valence-electron chi connectivity index (χ4n) is 3.97. The first-order valence-corrected chi connectivity index (χ1v) is 8.08. The number of rotatable bonds is 4.